The molecule has 21 heavy (non-hydrogen) atoms. The minimum Gasteiger partial charge on any atom is -0.461 e. The molecule has 0 saturated heterocycles. The molecule has 0 aliphatic heterocycles. The summed E-state index contributed by atoms with van der Waals surface area (Å²) in [5.74, 6) is -0.0305. The number of benzene rings is 1. The Morgan fingerprint density at radius 2 is 2.14 bits per heavy atom. The van der Waals surface area contributed by atoms with E-state index in [-0.39, 0.29) is 0 Å². The fourth-order valence-electron chi connectivity index (χ4n) is 2.13. The van der Waals surface area contributed by atoms with E-state index >= 15 is 0 Å². The number of carbonyl (C=O) groups is 1. The highest BCUT2D eigenvalue weighted by atomic mass is 16.5. The number of carbonyl (C=O) groups excluding carboxylic acids is 1. The van der Waals surface area contributed by atoms with Gasteiger partial charge in [0.2, 0.25) is 0 Å². The summed E-state index contributed by atoms with van der Waals surface area (Å²) >= 11 is 0. The van der Waals surface area contributed by atoms with Crippen LogP contribution in [-0.4, -0.2) is 22.4 Å². The quantitative estimate of drug-likeness (QED) is 0.655. The number of nitrogen functional groups attached to an aromatic ring is 1. The van der Waals surface area contributed by atoms with Crippen LogP contribution in [0.3, 0.4) is 0 Å². The van der Waals surface area contributed by atoms with E-state index in [9.17, 15) is 4.79 Å². The Balaban J connectivity index is 2.03. The van der Waals surface area contributed by atoms with E-state index in [0.717, 1.165) is 18.5 Å². The first-order chi connectivity index (χ1) is 10.1. The van der Waals surface area contributed by atoms with E-state index < -0.39 is 5.97 Å². The van der Waals surface area contributed by atoms with E-state index in [1.54, 1.807) is 23.0 Å². The highest BCUT2D eigenvalue weighted by molar-refractivity contribution is 5.87. The zero-order valence-corrected chi connectivity index (χ0v) is 12.5. The molecule has 5 heteroatoms. The van der Waals surface area contributed by atoms with Gasteiger partial charge >= 0.3 is 5.97 Å². The SMILES string of the molecule is CCCC(C)COC(=O)c1ccn(-c2ccccc2N)n1. The highest BCUT2D eigenvalue weighted by Crippen LogP contribution is 2.16. The third-order valence-corrected chi connectivity index (χ3v) is 3.26. The van der Waals surface area contributed by atoms with Gasteiger partial charge < -0.3 is 10.5 Å². The lowest BCUT2D eigenvalue weighted by Gasteiger charge is -2.09. The Morgan fingerprint density at radius 1 is 1.38 bits per heavy atom. The maximum Gasteiger partial charge on any atom is 0.358 e. The van der Waals surface area contributed by atoms with Crippen molar-refractivity contribution in [2.45, 2.75) is 26.7 Å². The summed E-state index contributed by atoms with van der Waals surface area (Å²) in [5, 5.41) is 4.23. The Kier molecular flexibility index (Phi) is 4.98. The molecule has 0 radical (unpaired) electrons. The Morgan fingerprint density at radius 3 is 2.86 bits per heavy atom. The molecule has 1 aromatic heterocycles. The third kappa shape index (κ3) is 3.84. The van der Waals surface area contributed by atoms with Gasteiger partial charge in [-0.05, 0) is 30.5 Å². The summed E-state index contributed by atoms with van der Waals surface area (Å²) in [6.45, 7) is 4.61. The van der Waals surface area contributed by atoms with Crippen molar-refractivity contribution in [2.75, 3.05) is 12.3 Å². The lowest BCUT2D eigenvalue weighted by atomic mass is 10.1. The summed E-state index contributed by atoms with van der Waals surface area (Å²) in [5.41, 5.74) is 7.54. The molecule has 1 heterocycles. The molecule has 112 valence electrons. The van der Waals surface area contributed by atoms with Crippen molar-refractivity contribution in [1.29, 1.82) is 0 Å². The van der Waals surface area contributed by atoms with Crippen LogP contribution in [0.1, 0.15) is 37.2 Å². The second kappa shape index (κ2) is 6.92. The number of esters is 1. The molecular weight excluding hydrogens is 266 g/mol. The summed E-state index contributed by atoms with van der Waals surface area (Å²) in [6, 6.07) is 9.01. The van der Waals surface area contributed by atoms with E-state index in [1.165, 1.54) is 0 Å². The number of anilines is 1. The molecule has 5 nitrogen and oxygen atoms in total. The van der Waals surface area contributed by atoms with Crippen molar-refractivity contribution in [1.82, 2.24) is 9.78 Å². The van der Waals surface area contributed by atoms with Crippen LogP contribution in [-0.2, 0) is 4.74 Å². The zero-order chi connectivity index (χ0) is 15.2. The number of hydrogen-bond acceptors (Lipinski definition) is 4. The first-order valence-corrected chi connectivity index (χ1v) is 7.19. The fraction of sp³-hybridized carbons (Fsp3) is 0.375. The van der Waals surface area contributed by atoms with Gasteiger partial charge in [0.1, 0.15) is 0 Å². The minimum absolute atomic E-state index is 0.293. The summed E-state index contributed by atoms with van der Waals surface area (Å²) in [6.07, 6.45) is 3.83. The normalized spacial score (nSPS) is 12.1. The van der Waals surface area contributed by atoms with Crippen molar-refractivity contribution in [3.05, 3.63) is 42.2 Å². The molecule has 2 aromatic rings. The second-order valence-electron chi connectivity index (χ2n) is 5.20. The molecule has 0 bridgehead atoms. The van der Waals surface area contributed by atoms with Crippen LogP contribution in [0.5, 0.6) is 0 Å². The molecule has 0 aliphatic carbocycles. The van der Waals surface area contributed by atoms with Gasteiger partial charge in [0.15, 0.2) is 5.69 Å². The predicted octanol–water partition coefficient (Wildman–Crippen LogP) is 3.05. The first-order valence-electron chi connectivity index (χ1n) is 7.19. The lowest BCUT2D eigenvalue weighted by molar-refractivity contribution is 0.0436. The zero-order valence-electron chi connectivity index (χ0n) is 12.5. The second-order valence-corrected chi connectivity index (χ2v) is 5.20. The van der Waals surface area contributed by atoms with Crippen LogP contribution >= 0.6 is 0 Å². The van der Waals surface area contributed by atoms with Crippen LogP contribution in [0.15, 0.2) is 36.5 Å². The van der Waals surface area contributed by atoms with Gasteiger partial charge in [-0.2, -0.15) is 5.10 Å². The molecule has 2 rings (SSSR count). The fourth-order valence-corrected chi connectivity index (χ4v) is 2.13. The van der Waals surface area contributed by atoms with Gasteiger partial charge in [-0.3, -0.25) is 0 Å². The maximum absolute atomic E-state index is 12.0. The van der Waals surface area contributed by atoms with Crippen molar-refractivity contribution >= 4 is 11.7 Å². The van der Waals surface area contributed by atoms with Crippen LogP contribution in [0.2, 0.25) is 0 Å². The van der Waals surface area contributed by atoms with Gasteiger partial charge in [-0.25, -0.2) is 9.48 Å². The highest BCUT2D eigenvalue weighted by Gasteiger charge is 2.13. The Hall–Kier alpha value is -2.30. The van der Waals surface area contributed by atoms with E-state index in [2.05, 4.69) is 18.9 Å². The van der Waals surface area contributed by atoms with Crippen LogP contribution in [0.25, 0.3) is 5.69 Å². The van der Waals surface area contributed by atoms with Gasteiger partial charge in [-0.1, -0.05) is 32.4 Å². The predicted molar refractivity (Wildman–Crippen MR) is 82.3 cm³/mol. The number of nitrogens with zero attached hydrogens (tertiary/aromatic N) is 2. The van der Waals surface area contributed by atoms with Gasteiger partial charge in [-0.15, -0.1) is 0 Å². The molecule has 1 atom stereocenters. The Labute approximate surface area is 124 Å². The number of ether oxygens (including phenoxy) is 1. The molecule has 1 aromatic carbocycles. The average Bonchev–Trinajstić information content (AvgIpc) is 2.95. The van der Waals surface area contributed by atoms with E-state index in [0.29, 0.717) is 23.9 Å². The monoisotopic (exact) mass is 287 g/mol. The summed E-state index contributed by atoms with van der Waals surface area (Å²) < 4.78 is 6.86. The smallest absolute Gasteiger partial charge is 0.358 e. The molecule has 0 fully saturated rings. The van der Waals surface area contributed by atoms with E-state index in [4.69, 9.17) is 10.5 Å². The summed E-state index contributed by atoms with van der Waals surface area (Å²) in [7, 11) is 0. The lowest BCUT2D eigenvalue weighted by Crippen LogP contribution is -2.13. The van der Waals surface area contributed by atoms with Crippen molar-refractivity contribution in [2.24, 2.45) is 5.92 Å². The topological polar surface area (TPSA) is 70.1 Å². The number of hydrogen-bond donors (Lipinski definition) is 1. The third-order valence-electron chi connectivity index (χ3n) is 3.26. The number of aromatic nitrogens is 2. The molecular formula is C16H21N3O2. The average molecular weight is 287 g/mol. The van der Waals surface area contributed by atoms with Crippen LogP contribution < -0.4 is 5.73 Å². The van der Waals surface area contributed by atoms with Crippen LogP contribution in [0, 0.1) is 5.92 Å². The molecule has 0 saturated carbocycles. The molecule has 2 N–H and O–H groups in total. The summed E-state index contributed by atoms with van der Waals surface area (Å²) in [4.78, 5) is 12.0. The molecule has 0 spiro atoms. The molecule has 0 aliphatic rings. The number of nitrogens with two attached hydrogens (primary N) is 1. The van der Waals surface area contributed by atoms with Crippen LogP contribution in [0.4, 0.5) is 5.69 Å². The standard InChI is InChI=1S/C16H21N3O2/c1-3-6-12(2)11-21-16(20)14-9-10-19(18-14)15-8-5-4-7-13(15)17/h4-5,7-10,12H,3,6,11,17H2,1-2H3. The van der Waals surface area contributed by atoms with Gasteiger partial charge in [0.05, 0.1) is 18.0 Å². The maximum atomic E-state index is 12.0. The molecule has 1 unspecified atom stereocenters. The largest absolute Gasteiger partial charge is 0.461 e. The number of para-hydroxylation sites is 2. The first kappa shape index (κ1) is 15.1. The van der Waals surface area contributed by atoms with Gasteiger partial charge in [0, 0.05) is 6.20 Å². The minimum atomic E-state index is -0.397. The number of rotatable bonds is 6. The van der Waals surface area contributed by atoms with Crippen molar-refractivity contribution < 1.29 is 9.53 Å². The van der Waals surface area contributed by atoms with Gasteiger partial charge in [0.25, 0.3) is 0 Å². The van der Waals surface area contributed by atoms with E-state index in [1.807, 2.05) is 18.2 Å². The van der Waals surface area contributed by atoms with Crippen molar-refractivity contribution in [3.8, 4) is 5.69 Å². The Bertz CT molecular complexity index is 607. The van der Waals surface area contributed by atoms with Crippen molar-refractivity contribution in [3.63, 3.8) is 0 Å². The molecule has 0 amide bonds.